The first kappa shape index (κ1) is 24.7. The summed E-state index contributed by atoms with van der Waals surface area (Å²) < 4.78 is 58.0. The highest BCUT2D eigenvalue weighted by Gasteiger charge is 2.60. The maximum Gasteiger partial charge on any atom is 0.421 e. The van der Waals surface area contributed by atoms with Gasteiger partial charge in [-0.15, -0.1) is 0 Å². The minimum atomic E-state index is -4.80. The summed E-state index contributed by atoms with van der Waals surface area (Å²) >= 11 is 0. The van der Waals surface area contributed by atoms with Crippen molar-refractivity contribution in [3.63, 3.8) is 0 Å². The van der Waals surface area contributed by atoms with Crippen LogP contribution in [0.25, 0.3) is 17.1 Å². The predicted molar refractivity (Wildman–Crippen MR) is 130 cm³/mol. The van der Waals surface area contributed by atoms with Gasteiger partial charge < -0.3 is 5.11 Å². The molecule has 2 aliphatic rings. The number of benzene rings is 1. The molecule has 0 bridgehead atoms. The number of nitrogens with zero attached hydrogens (tertiary/aromatic N) is 6. The molecule has 4 aromatic rings. The molecule has 2 aliphatic carbocycles. The lowest BCUT2D eigenvalue weighted by molar-refractivity contribution is -0.265. The van der Waals surface area contributed by atoms with Crippen molar-refractivity contribution >= 4 is 0 Å². The van der Waals surface area contributed by atoms with E-state index in [0.29, 0.717) is 29.5 Å². The summed E-state index contributed by atoms with van der Waals surface area (Å²) in [5.41, 5.74) is 1.52. The zero-order chi connectivity index (χ0) is 26.8. The molecule has 0 radical (unpaired) electrons. The molecular weight excluding hydrogens is 500 g/mol. The topological polar surface area (TPSA) is 81.7 Å². The van der Waals surface area contributed by atoms with E-state index in [1.165, 1.54) is 30.1 Å². The molecule has 1 saturated carbocycles. The second-order valence-corrected chi connectivity index (χ2v) is 10.3. The van der Waals surface area contributed by atoms with Gasteiger partial charge in [-0.1, -0.05) is 0 Å². The molecule has 3 aromatic heterocycles. The van der Waals surface area contributed by atoms with E-state index >= 15 is 0 Å². The molecule has 6 rings (SSSR count). The second kappa shape index (κ2) is 8.72. The standard InChI is InChI=1S/C27H26F4N6O/c1-15-22(36(13-17-3-4-17)35-25(15)18-5-7-19(28)8-6-18)11-20-12-23(33-14-32-20)37-21-9-10-26(38,27(29,30)31)24(21)16(2)34-37/h5-8,12,14,17,38H,3-4,9-11,13H2,1-2H3. The van der Waals surface area contributed by atoms with E-state index in [2.05, 4.69) is 15.1 Å². The molecule has 1 atom stereocenters. The Bertz CT molecular complexity index is 1520. The average Bonchev–Trinajstić information content (AvgIpc) is 3.42. The maximum absolute atomic E-state index is 13.7. The van der Waals surface area contributed by atoms with Crippen molar-refractivity contribution in [1.29, 1.82) is 0 Å². The molecule has 0 spiro atoms. The van der Waals surface area contributed by atoms with Gasteiger partial charge >= 0.3 is 6.18 Å². The van der Waals surface area contributed by atoms with Crippen LogP contribution in [0.5, 0.6) is 0 Å². The molecular formula is C27H26F4N6O. The van der Waals surface area contributed by atoms with Crippen LogP contribution in [0.1, 0.15) is 53.2 Å². The number of aromatic nitrogens is 6. The van der Waals surface area contributed by atoms with E-state index in [0.717, 1.165) is 41.9 Å². The Morgan fingerprint density at radius 1 is 1.08 bits per heavy atom. The summed E-state index contributed by atoms with van der Waals surface area (Å²) in [5.74, 6) is 0.596. The van der Waals surface area contributed by atoms with Gasteiger partial charge in [0.25, 0.3) is 0 Å². The van der Waals surface area contributed by atoms with E-state index < -0.39 is 18.2 Å². The number of alkyl halides is 3. The van der Waals surface area contributed by atoms with Crippen LogP contribution < -0.4 is 0 Å². The van der Waals surface area contributed by atoms with Crippen molar-refractivity contribution in [3.8, 4) is 17.1 Å². The summed E-state index contributed by atoms with van der Waals surface area (Å²) in [4.78, 5) is 8.71. The Balaban J connectivity index is 1.36. The van der Waals surface area contributed by atoms with Crippen LogP contribution in [-0.4, -0.2) is 40.8 Å². The largest absolute Gasteiger partial charge is 0.421 e. The van der Waals surface area contributed by atoms with Crippen molar-refractivity contribution in [2.75, 3.05) is 0 Å². The van der Waals surface area contributed by atoms with Crippen LogP contribution in [0, 0.1) is 25.6 Å². The van der Waals surface area contributed by atoms with E-state index in [-0.39, 0.29) is 23.5 Å². The quantitative estimate of drug-likeness (QED) is 0.359. The van der Waals surface area contributed by atoms with Gasteiger partial charge in [-0.05, 0) is 75.3 Å². The first-order valence-electron chi connectivity index (χ1n) is 12.6. The average molecular weight is 527 g/mol. The van der Waals surface area contributed by atoms with E-state index in [9.17, 15) is 22.7 Å². The van der Waals surface area contributed by atoms with Crippen LogP contribution in [0.4, 0.5) is 17.6 Å². The van der Waals surface area contributed by atoms with Gasteiger partial charge in [0, 0.05) is 35.9 Å². The molecule has 0 saturated heterocycles. The summed E-state index contributed by atoms with van der Waals surface area (Å²) in [7, 11) is 0. The van der Waals surface area contributed by atoms with Crippen LogP contribution >= 0.6 is 0 Å². The predicted octanol–water partition coefficient (Wildman–Crippen LogP) is 4.98. The molecule has 7 nitrogen and oxygen atoms in total. The lowest BCUT2D eigenvalue weighted by Crippen LogP contribution is -2.40. The molecule has 11 heteroatoms. The fourth-order valence-corrected chi connectivity index (χ4v) is 5.40. The van der Waals surface area contributed by atoms with E-state index in [1.807, 2.05) is 11.6 Å². The van der Waals surface area contributed by atoms with Crippen molar-refractivity contribution in [2.45, 2.75) is 64.3 Å². The van der Waals surface area contributed by atoms with Gasteiger partial charge in [0.05, 0.1) is 22.8 Å². The fourth-order valence-electron chi connectivity index (χ4n) is 5.40. The Kier molecular flexibility index (Phi) is 5.67. The van der Waals surface area contributed by atoms with Crippen molar-refractivity contribution in [1.82, 2.24) is 29.5 Å². The minimum absolute atomic E-state index is 0.0276. The highest BCUT2D eigenvalue weighted by molar-refractivity contribution is 5.64. The Hall–Kier alpha value is -3.60. The van der Waals surface area contributed by atoms with Gasteiger partial charge in [-0.3, -0.25) is 4.68 Å². The third kappa shape index (κ3) is 4.09. The number of aliphatic hydroxyl groups is 1. The molecule has 3 heterocycles. The van der Waals surface area contributed by atoms with Gasteiger partial charge in [0.2, 0.25) is 0 Å². The summed E-state index contributed by atoms with van der Waals surface area (Å²) in [5, 5.41) is 19.6. The zero-order valence-electron chi connectivity index (χ0n) is 20.9. The fraction of sp³-hybridized carbons (Fsp3) is 0.407. The number of fused-ring (bicyclic) bond motifs is 1. The summed E-state index contributed by atoms with van der Waals surface area (Å²) in [6.45, 7) is 4.22. The number of halogens is 4. The summed E-state index contributed by atoms with van der Waals surface area (Å²) in [6.07, 6.45) is -1.12. The lowest BCUT2D eigenvalue weighted by atomic mass is 9.95. The van der Waals surface area contributed by atoms with Crippen LogP contribution in [-0.2, 0) is 25.0 Å². The first-order chi connectivity index (χ1) is 18.0. The lowest BCUT2D eigenvalue weighted by Gasteiger charge is -2.26. The molecule has 1 unspecified atom stereocenters. The highest BCUT2D eigenvalue weighted by atomic mass is 19.4. The van der Waals surface area contributed by atoms with Crippen molar-refractivity contribution in [2.24, 2.45) is 5.92 Å². The Morgan fingerprint density at radius 2 is 1.82 bits per heavy atom. The normalized spacial score (nSPS) is 19.2. The second-order valence-electron chi connectivity index (χ2n) is 10.3. The number of aryl methyl sites for hydroxylation is 1. The third-order valence-electron chi connectivity index (χ3n) is 7.60. The molecule has 1 aromatic carbocycles. The smallest absolute Gasteiger partial charge is 0.376 e. The third-order valence-corrected chi connectivity index (χ3v) is 7.60. The molecule has 0 aliphatic heterocycles. The number of rotatable bonds is 6. The molecule has 1 fully saturated rings. The van der Waals surface area contributed by atoms with Gasteiger partial charge in [-0.2, -0.15) is 23.4 Å². The Morgan fingerprint density at radius 3 is 2.50 bits per heavy atom. The molecule has 198 valence electrons. The zero-order valence-corrected chi connectivity index (χ0v) is 20.9. The SMILES string of the molecule is Cc1nn(-c2cc(Cc3c(C)c(-c4ccc(F)cc4)nn3CC3CC3)ncn2)c2c1C(O)(C(F)(F)F)CC2. The summed E-state index contributed by atoms with van der Waals surface area (Å²) in [6, 6.07) is 7.96. The van der Waals surface area contributed by atoms with Crippen LogP contribution in [0.3, 0.4) is 0 Å². The van der Waals surface area contributed by atoms with Gasteiger partial charge in [0.1, 0.15) is 12.1 Å². The Labute approximate surface area is 216 Å². The number of hydrogen-bond donors (Lipinski definition) is 1. The van der Waals surface area contributed by atoms with Gasteiger partial charge in [0.15, 0.2) is 11.4 Å². The molecule has 38 heavy (non-hydrogen) atoms. The first-order valence-corrected chi connectivity index (χ1v) is 12.6. The highest BCUT2D eigenvalue weighted by Crippen LogP contribution is 2.49. The molecule has 1 N–H and O–H groups in total. The van der Waals surface area contributed by atoms with Crippen molar-refractivity contribution in [3.05, 3.63) is 76.4 Å². The van der Waals surface area contributed by atoms with Crippen molar-refractivity contribution < 1.29 is 22.7 Å². The minimum Gasteiger partial charge on any atom is -0.376 e. The van der Waals surface area contributed by atoms with E-state index in [4.69, 9.17) is 5.10 Å². The maximum atomic E-state index is 13.7. The van der Waals surface area contributed by atoms with Crippen LogP contribution in [0.15, 0.2) is 36.7 Å². The van der Waals surface area contributed by atoms with Gasteiger partial charge in [-0.25, -0.2) is 19.0 Å². The van der Waals surface area contributed by atoms with Crippen LogP contribution in [0.2, 0.25) is 0 Å². The molecule has 0 amide bonds. The van der Waals surface area contributed by atoms with E-state index in [1.54, 1.807) is 18.2 Å². The monoisotopic (exact) mass is 526 g/mol. The number of hydrogen-bond acceptors (Lipinski definition) is 5.